The number of rotatable bonds is 4. The summed E-state index contributed by atoms with van der Waals surface area (Å²) in [6.45, 7) is 3.13. The lowest BCUT2D eigenvalue weighted by Crippen LogP contribution is -2.39. The molecule has 1 aliphatic heterocycles. The summed E-state index contributed by atoms with van der Waals surface area (Å²) in [5.74, 6) is 1.57. The number of nitrogens with zero attached hydrogens (tertiary/aromatic N) is 3. The molecule has 2 aromatic heterocycles. The second-order valence-corrected chi connectivity index (χ2v) is 8.50. The van der Waals surface area contributed by atoms with E-state index in [1.54, 1.807) is 6.20 Å². The SMILES string of the molecule is Cc1nc(N)sc1C(=O)N1CCC[C@H](c2ncc(Cc3cccc(Cl)c3)o2)C1. The van der Waals surface area contributed by atoms with E-state index in [1.165, 1.54) is 11.3 Å². The molecule has 6 nitrogen and oxygen atoms in total. The Bertz CT molecular complexity index is 1000. The summed E-state index contributed by atoms with van der Waals surface area (Å²) in [6.07, 6.45) is 4.27. The van der Waals surface area contributed by atoms with Gasteiger partial charge in [0.05, 0.1) is 17.8 Å². The van der Waals surface area contributed by atoms with Crippen molar-refractivity contribution in [3.8, 4) is 0 Å². The Kier molecular flexibility index (Phi) is 5.37. The number of hydrogen-bond donors (Lipinski definition) is 1. The summed E-state index contributed by atoms with van der Waals surface area (Å²) < 4.78 is 6.01. The molecule has 1 aliphatic rings. The van der Waals surface area contributed by atoms with Crippen molar-refractivity contribution in [1.82, 2.24) is 14.9 Å². The zero-order valence-corrected chi connectivity index (χ0v) is 17.1. The normalized spacial score (nSPS) is 17.1. The van der Waals surface area contributed by atoms with Crippen LogP contribution in [0.25, 0.3) is 0 Å². The predicted octanol–water partition coefficient (Wildman–Crippen LogP) is 4.29. The van der Waals surface area contributed by atoms with Gasteiger partial charge in [-0.1, -0.05) is 35.1 Å². The van der Waals surface area contributed by atoms with Gasteiger partial charge in [0, 0.05) is 24.5 Å². The first kappa shape index (κ1) is 19.0. The van der Waals surface area contributed by atoms with Crippen LogP contribution in [0.3, 0.4) is 0 Å². The number of halogens is 1. The van der Waals surface area contributed by atoms with Crippen molar-refractivity contribution in [3.05, 3.63) is 63.3 Å². The number of anilines is 1. The number of likely N-dealkylation sites (tertiary alicyclic amines) is 1. The number of carbonyl (C=O) groups is 1. The lowest BCUT2D eigenvalue weighted by molar-refractivity contribution is 0.0702. The molecule has 28 heavy (non-hydrogen) atoms. The van der Waals surface area contributed by atoms with E-state index >= 15 is 0 Å². The topological polar surface area (TPSA) is 85.2 Å². The van der Waals surface area contributed by atoms with E-state index in [-0.39, 0.29) is 11.8 Å². The van der Waals surface area contributed by atoms with E-state index in [9.17, 15) is 4.79 Å². The van der Waals surface area contributed by atoms with E-state index in [2.05, 4.69) is 9.97 Å². The number of piperidine rings is 1. The van der Waals surface area contributed by atoms with Crippen molar-refractivity contribution in [1.29, 1.82) is 0 Å². The van der Waals surface area contributed by atoms with Crippen LogP contribution in [-0.4, -0.2) is 33.9 Å². The molecule has 1 fully saturated rings. The molecule has 1 atom stereocenters. The van der Waals surface area contributed by atoms with Crippen LogP contribution >= 0.6 is 22.9 Å². The minimum Gasteiger partial charge on any atom is -0.445 e. The number of nitrogen functional groups attached to an aromatic ring is 1. The first-order chi connectivity index (χ1) is 13.5. The van der Waals surface area contributed by atoms with Gasteiger partial charge in [-0.05, 0) is 37.5 Å². The molecule has 0 saturated carbocycles. The van der Waals surface area contributed by atoms with Crippen molar-refractivity contribution in [2.45, 2.75) is 32.1 Å². The van der Waals surface area contributed by atoms with Gasteiger partial charge in [-0.2, -0.15) is 0 Å². The van der Waals surface area contributed by atoms with Gasteiger partial charge in [0.15, 0.2) is 11.0 Å². The second-order valence-electron chi connectivity index (χ2n) is 7.03. The van der Waals surface area contributed by atoms with Gasteiger partial charge in [0.25, 0.3) is 5.91 Å². The third kappa shape index (κ3) is 4.05. The molecule has 4 rings (SSSR count). The summed E-state index contributed by atoms with van der Waals surface area (Å²) in [6, 6.07) is 7.71. The number of aryl methyl sites for hydroxylation is 1. The molecule has 3 heterocycles. The van der Waals surface area contributed by atoms with Crippen LogP contribution in [0.2, 0.25) is 5.02 Å². The quantitative estimate of drug-likeness (QED) is 0.685. The number of hydrogen-bond acceptors (Lipinski definition) is 6. The van der Waals surface area contributed by atoms with Crippen molar-refractivity contribution in [2.24, 2.45) is 0 Å². The third-order valence-corrected chi connectivity index (χ3v) is 6.11. The van der Waals surface area contributed by atoms with Gasteiger partial charge in [-0.25, -0.2) is 9.97 Å². The Hall–Kier alpha value is -2.38. The number of benzene rings is 1. The highest BCUT2D eigenvalue weighted by molar-refractivity contribution is 7.17. The van der Waals surface area contributed by atoms with Crippen molar-refractivity contribution in [3.63, 3.8) is 0 Å². The number of amides is 1. The molecule has 0 bridgehead atoms. The van der Waals surface area contributed by atoms with Crippen LogP contribution in [0.5, 0.6) is 0 Å². The van der Waals surface area contributed by atoms with E-state index in [0.29, 0.717) is 39.6 Å². The number of thiazole rings is 1. The molecule has 0 aliphatic carbocycles. The second kappa shape index (κ2) is 7.93. The number of oxazole rings is 1. The summed E-state index contributed by atoms with van der Waals surface area (Å²) in [5, 5.41) is 1.13. The van der Waals surface area contributed by atoms with Gasteiger partial charge in [-0.3, -0.25) is 4.79 Å². The average molecular weight is 417 g/mol. The maximum Gasteiger partial charge on any atom is 0.265 e. The molecule has 146 valence electrons. The van der Waals surface area contributed by atoms with Crippen molar-refractivity contribution in [2.75, 3.05) is 18.8 Å². The fraction of sp³-hybridized carbons (Fsp3) is 0.350. The summed E-state index contributed by atoms with van der Waals surface area (Å²) in [7, 11) is 0. The van der Waals surface area contributed by atoms with Gasteiger partial charge < -0.3 is 15.1 Å². The molecule has 0 radical (unpaired) electrons. The van der Waals surface area contributed by atoms with E-state index < -0.39 is 0 Å². The fourth-order valence-corrected chi connectivity index (χ4v) is 4.58. The Morgan fingerprint density at radius 1 is 1.46 bits per heavy atom. The zero-order valence-electron chi connectivity index (χ0n) is 15.5. The van der Waals surface area contributed by atoms with E-state index in [4.69, 9.17) is 21.8 Å². The third-order valence-electron chi connectivity index (χ3n) is 4.90. The van der Waals surface area contributed by atoms with E-state index in [0.717, 1.165) is 30.7 Å². The van der Waals surface area contributed by atoms with Crippen LogP contribution in [-0.2, 0) is 6.42 Å². The summed E-state index contributed by atoms with van der Waals surface area (Å²) in [5.41, 5.74) is 7.51. The summed E-state index contributed by atoms with van der Waals surface area (Å²) >= 11 is 7.30. The Morgan fingerprint density at radius 3 is 3.07 bits per heavy atom. The molecule has 0 spiro atoms. The zero-order chi connectivity index (χ0) is 19.7. The van der Waals surface area contributed by atoms with Crippen molar-refractivity contribution >= 4 is 34.0 Å². The monoisotopic (exact) mass is 416 g/mol. The largest absolute Gasteiger partial charge is 0.445 e. The molecular weight excluding hydrogens is 396 g/mol. The highest BCUT2D eigenvalue weighted by Crippen LogP contribution is 2.30. The highest BCUT2D eigenvalue weighted by atomic mass is 35.5. The van der Waals surface area contributed by atoms with Gasteiger partial charge in [0.1, 0.15) is 10.6 Å². The van der Waals surface area contributed by atoms with Crippen molar-refractivity contribution < 1.29 is 9.21 Å². The molecular formula is C20H21ClN4O2S. The molecule has 0 unspecified atom stereocenters. The molecule has 2 N–H and O–H groups in total. The molecule has 3 aromatic rings. The predicted molar refractivity (Wildman–Crippen MR) is 110 cm³/mol. The fourth-order valence-electron chi connectivity index (χ4n) is 3.56. The molecule has 1 saturated heterocycles. The van der Waals surface area contributed by atoms with Crippen LogP contribution in [0.1, 0.15) is 51.3 Å². The minimum absolute atomic E-state index is 0.0119. The van der Waals surface area contributed by atoms with Gasteiger partial charge >= 0.3 is 0 Å². The average Bonchev–Trinajstić information content (AvgIpc) is 3.27. The first-order valence-corrected chi connectivity index (χ1v) is 10.4. The molecule has 1 amide bonds. The maximum absolute atomic E-state index is 12.9. The van der Waals surface area contributed by atoms with E-state index in [1.807, 2.05) is 36.1 Å². The molecule has 1 aromatic carbocycles. The van der Waals surface area contributed by atoms with Gasteiger partial charge in [-0.15, -0.1) is 0 Å². The smallest absolute Gasteiger partial charge is 0.265 e. The summed E-state index contributed by atoms with van der Waals surface area (Å²) in [4.78, 5) is 24.0. The number of carbonyl (C=O) groups excluding carboxylic acids is 1. The lowest BCUT2D eigenvalue weighted by atomic mass is 9.98. The van der Waals surface area contributed by atoms with Crippen LogP contribution in [0.15, 0.2) is 34.9 Å². The Labute approximate surface area is 172 Å². The van der Waals surface area contributed by atoms with Crippen LogP contribution in [0.4, 0.5) is 5.13 Å². The molecule has 8 heteroatoms. The number of nitrogens with two attached hydrogens (primary N) is 1. The number of aromatic nitrogens is 2. The highest BCUT2D eigenvalue weighted by Gasteiger charge is 2.30. The first-order valence-electron chi connectivity index (χ1n) is 9.21. The Morgan fingerprint density at radius 2 is 2.32 bits per heavy atom. The standard InChI is InChI=1S/C20H21ClN4O2S/c1-12-17(28-20(22)24-12)19(26)25-7-3-5-14(11-25)18-23-10-16(27-18)9-13-4-2-6-15(21)8-13/h2,4,6,8,10,14H,3,5,7,9,11H2,1H3,(H2,22,24)/t14-/m0/s1. The minimum atomic E-state index is -0.0119. The van der Waals surface area contributed by atoms with Gasteiger partial charge in [0.2, 0.25) is 0 Å². The maximum atomic E-state index is 12.9. The van der Waals surface area contributed by atoms with Crippen LogP contribution < -0.4 is 5.73 Å². The Balaban J connectivity index is 1.45. The van der Waals surface area contributed by atoms with Crippen LogP contribution in [0, 0.1) is 6.92 Å². The lowest BCUT2D eigenvalue weighted by Gasteiger charge is -2.31.